The third kappa shape index (κ3) is 4.84. The predicted molar refractivity (Wildman–Crippen MR) is 101 cm³/mol. The van der Waals surface area contributed by atoms with Gasteiger partial charge in [0.25, 0.3) is 0 Å². The van der Waals surface area contributed by atoms with Gasteiger partial charge in [0.15, 0.2) is 5.82 Å². The van der Waals surface area contributed by atoms with Crippen LogP contribution in [0.1, 0.15) is 56.4 Å². The first kappa shape index (κ1) is 18.4. The van der Waals surface area contributed by atoms with Gasteiger partial charge in [-0.25, -0.2) is 0 Å². The van der Waals surface area contributed by atoms with E-state index in [9.17, 15) is 4.79 Å². The highest BCUT2D eigenvalue weighted by atomic mass is 16.5. The zero-order valence-corrected chi connectivity index (χ0v) is 15.9. The van der Waals surface area contributed by atoms with Crippen LogP contribution in [-0.2, 0) is 11.2 Å². The SMILES string of the molecule is Cc1noc(CCC(=O)NC(C)c2ccc(N3CCC(C)CC3)cc2)n1. The van der Waals surface area contributed by atoms with Gasteiger partial charge in [-0.1, -0.05) is 24.2 Å². The number of nitrogens with zero attached hydrogens (tertiary/aromatic N) is 3. The van der Waals surface area contributed by atoms with Crippen LogP contribution in [0.25, 0.3) is 0 Å². The predicted octanol–water partition coefficient (Wildman–Crippen LogP) is 3.42. The van der Waals surface area contributed by atoms with Gasteiger partial charge in [0, 0.05) is 31.6 Å². The lowest BCUT2D eigenvalue weighted by molar-refractivity contribution is -0.121. The maximum absolute atomic E-state index is 12.1. The van der Waals surface area contributed by atoms with Crippen molar-refractivity contribution in [3.05, 3.63) is 41.5 Å². The van der Waals surface area contributed by atoms with E-state index >= 15 is 0 Å². The van der Waals surface area contributed by atoms with E-state index in [1.54, 1.807) is 6.92 Å². The summed E-state index contributed by atoms with van der Waals surface area (Å²) in [6.45, 7) is 8.35. The number of carbonyl (C=O) groups excluding carboxylic acids is 1. The third-order valence-electron chi connectivity index (χ3n) is 5.05. The van der Waals surface area contributed by atoms with Crippen molar-refractivity contribution in [3.8, 4) is 0 Å². The maximum atomic E-state index is 12.1. The second-order valence-electron chi connectivity index (χ2n) is 7.29. The molecule has 1 aromatic carbocycles. The van der Waals surface area contributed by atoms with E-state index in [0.717, 1.165) is 24.6 Å². The fourth-order valence-corrected chi connectivity index (χ4v) is 3.30. The molecule has 0 spiro atoms. The van der Waals surface area contributed by atoms with E-state index in [4.69, 9.17) is 4.52 Å². The molecule has 1 unspecified atom stereocenters. The average molecular weight is 356 g/mol. The standard InChI is InChI=1S/C20H28N4O2/c1-14-10-12-24(13-11-14)18-6-4-17(5-7-18)15(2)21-19(25)8-9-20-22-16(3)23-26-20/h4-7,14-15H,8-13H2,1-3H3,(H,21,25). The van der Waals surface area contributed by atoms with Crippen molar-refractivity contribution < 1.29 is 9.32 Å². The Kier molecular flexibility index (Phi) is 5.91. The second kappa shape index (κ2) is 8.34. The van der Waals surface area contributed by atoms with Gasteiger partial charge in [-0.3, -0.25) is 4.79 Å². The van der Waals surface area contributed by atoms with Crippen LogP contribution in [0.2, 0.25) is 0 Å². The molecule has 2 aromatic rings. The Labute approximate surface area is 155 Å². The second-order valence-corrected chi connectivity index (χ2v) is 7.29. The van der Waals surface area contributed by atoms with Crippen molar-refractivity contribution in [2.75, 3.05) is 18.0 Å². The molecule has 1 aliphatic heterocycles. The van der Waals surface area contributed by atoms with E-state index in [1.807, 2.05) is 6.92 Å². The number of benzene rings is 1. The summed E-state index contributed by atoms with van der Waals surface area (Å²) >= 11 is 0. The number of piperidine rings is 1. The van der Waals surface area contributed by atoms with Gasteiger partial charge >= 0.3 is 0 Å². The molecule has 1 fully saturated rings. The molecule has 1 amide bonds. The minimum Gasteiger partial charge on any atom is -0.372 e. The summed E-state index contributed by atoms with van der Waals surface area (Å²) < 4.78 is 5.04. The molecular weight excluding hydrogens is 328 g/mol. The first-order chi connectivity index (χ1) is 12.5. The van der Waals surface area contributed by atoms with Crippen LogP contribution < -0.4 is 10.2 Å². The lowest BCUT2D eigenvalue weighted by atomic mass is 9.98. The number of carbonyl (C=O) groups is 1. The fraction of sp³-hybridized carbons (Fsp3) is 0.550. The molecule has 6 heteroatoms. The summed E-state index contributed by atoms with van der Waals surface area (Å²) in [5.41, 5.74) is 2.38. The molecule has 0 saturated carbocycles. The Morgan fingerprint density at radius 1 is 1.31 bits per heavy atom. The number of aromatic nitrogens is 2. The van der Waals surface area contributed by atoms with Gasteiger partial charge in [-0.2, -0.15) is 4.98 Å². The van der Waals surface area contributed by atoms with Crippen LogP contribution in [0.15, 0.2) is 28.8 Å². The molecule has 6 nitrogen and oxygen atoms in total. The fourth-order valence-electron chi connectivity index (χ4n) is 3.30. The van der Waals surface area contributed by atoms with E-state index in [1.165, 1.54) is 18.5 Å². The summed E-state index contributed by atoms with van der Waals surface area (Å²) in [6.07, 6.45) is 3.32. The van der Waals surface area contributed by atoms with Crippen LogP contribution in [0, 0.1) is 12.8 Å². The van der Waals surface area contributed by atoms with Crippen LogP contribution in [0.3, 0.4) is 0 Å². The zero-order valence-electron chi connectivity index (χ0n) is 15.9. The molecular formula is C20H28N4O2. The van der Waals surface area contributed by atoms with E-state index < -0.39 is 0 Å². The number of aryl methyl sites for hydroxylation is 2. The number of amides is 1. The average Bonchev–Trinajstić information content (AvgIpc) is 3.06. The van der Waals surface area contributed by atoms with Crippen molar-refractivity contribution in [1.29, 1.82) is 0 Å². The van der Waals surface area contributed by atoms with Crippen LogP contribution in [-0.4, -0.2) is 29.1 Å². The quantitative estimate of drug-likeness (QED) is 0.859. The molecule has 0 bridgehead atoms. The molecule has 1 saturated heterocycles. The van der Waals surface area contributed by atoms with Crippen LogP contribution >= 0.6 is 0 Å². The number of anilines is 1. The van der Waals surface area contributed by atoms with Crippen molar-refractivity contribution in [2.45, 2.75) is 52.5 Å². The summed E-state index contributed by atoms with van der Waals surface area (Å²) in [5.74, 6) is 1.92. The van der Waals surface area contributed by atoms with Crippen molar-refractivity contribution in [2.24, 2.45) is 5.92 Å². The molecule has 140 valence electrons. The van der Waals surface area contributed by atoms with E-state index in [2.05, 4.69) is 51.5 Å². The molecule has 0 aliphatic carbocycles. The highest BCUT2D eigenvalue weighted by Crippen LogP contribution is 2.24. The molecule has 3 rings (SSSR count). The van der Waals surface area contributed by atoms with Gasteiger partial charge < -0.3 is 14.7 Å². The number of hydrogen-bond acceptors (Lipinski definition) is 5. The molecule has 2 heterocycles. The molecule has 1 aromatic heterocycles. The lowest BCUT2D eigenvalue weighted by Gasteiger charge is -2.32. The summed E-state index contributed by atoms with van der Waals surface area (Å²) in [7, 11) is 0. The minimum atomic E-state index is -0.0256. The third-order valence-corrected chi connectivity index (χ3v) is 5.05. The van der Waals surface area contributed by atoms with Crippen molar-refractivity contribution in [3.63, 3.8) is 0 Å². The Bertz CT molecular complexity index is 718. The van der Waals surface area contributed by atoms with Gasteiger partial charge in [0.1, 0.15) is 0 Å². The van der Waals surface area contributed by atoms with Crippen LogP contribution in [0.4, 0.5) is 5.69 Å². The minimum absolute atomic E-state index is 0.0116. The Hall–Kier alpha value is -2.37. The number of nitrogens with one attached hydrogen (secondary N) is 1. The Morgan fingerprint density at radius 3 is 2.62 bits per heavy atom. The number of hydrogen-bond donors (Lipinski definition) is 1. The Balaban J connectivity index is 1.49. The summed E-state index contributed by atoms with van der Waals surface area (Å²) in [5, 5.41) is 6.77. The summed E-state index contributed by atoms with van der Waals surface area (Å²) in [4.78, 5) is 18.7. The van der Waals surface area contributed by atoms with Crippen molar-refractivity contribution >= 4 is 11.6 Å². The van der Waals surface area contributed by atoms with Gasteiger partial charge in [0.2, 0.25) is 11.8 Å². The molecule has 1 N–H and O–H groups in total. The monoisotopic (exact) mass is 356 g/mol. The molecule has 0 radical (unpaired) electrons. The lowest BCUT2D eigenvalue weighted by Crippen LogP contribution is -2.32. The first-order valence-electron chi connectivity index (χ1n) is 9.44. The van der Waals surface area contributed by atoms with E-state index in [-0.39, 0.29) is 11.9 Å². The number of rotatable bonds is 6. The maximum Gasteiger partial charge on any atom is 0.227 e. The zero-order chi connectivity index (χ0) is 18.5. The van der Waals surface area contributed by atoms with Gasteiger partial charge in [0.05, 0.1) is 6.04 Å². The molecule has 1 aliphatic rings. The highest BCUT2D eigenvalue weighted by molar-refractivity contribution is 5.76. The van der Waals surface area contributed by atoms with Crippen molar-refractivity contribution in [1.82, 2.24) is 15.5 Å². The Morgan fingerprint density at radius 2 is 2.00 bits per heavy atom. The molecule has 1 atom stereocenters. The van der Waals surface area contributed by atoms with Gasteiger partial charge in [-0.15, -0.1) is 0 Å². The van der Waals surface area contributed by atoms with Gasteiger partial charge in [-0.05, 0) is 50.3 Å². The largest absolute Gasteiger partial charge is 0.372 e. The smallest absolute Gasteiger partial charge is 0.227 e. The highest BCUT2D eigenvalue weighted by Gasteiger charge is 2.17. The summed E-state index contributed by atoms with van der Waals surface area (Å²) in [6, 6.07) is 8.52. The topological polar surface area (TPSA) is 71.3 Å². The first-order valence-corrected chi connectivity index (χ1v) is 9.44. The van der Waals surface area contributed by atoms with Crippen LogP contribution in [0.5, 0.6) is 0 Å². The normalized spacial score (nSPS) is 16.5. The molecule has 26 heavy (non-hydrogen) atoms. The van der Waals surface area contributed by atoms with E-state index in [0.29, 0.717) is 24.6 Å².